The third-order valence-electron chi connectivity index (χ3n) is 2.38. The third kappa shape index (κ3) is 4.56. The van der Waals surface area contributed by atoms with Crippen molar-refractivity contribution in [3.8, 4) is 0 Å². The third-order valence-corrected chi connectivity index (χ3v) is 3.53. The molecule has 5 heteroatoms. The molecule has 1 rings (SSSR count). The smallest absolute Gasteiger partial charge is 0.255 e. The van der Waals surface area contributed by atoms with Gasteiger partial charge in [-0.05, 0) is 25.7 Å². The van der Waals surface area contributed by atoms with Crippen LogP contribution in [-0.2, 0) is 0 Å². The lowest BCUT2D eigenvalue weighted by Gasteiger charge is -2.15. The van der Waals surface area contributed by atoms with Gasteiger partial charge in [-0.15, -0.1) is 0 Å². The second-order valence-corrected chi connectivity index (χ2v) is 5.30. The zero-order valence-electron chi connectivity index (χ0n) is 11.2. The highest BCUT2D eigenvalue weighted by Crippen LogP contribution is 2.13. The molecule has 4 nitrogen and oxygen atoms in total. The summed E-state index contributed by atoms with van der Waals surface area (Å²) in [5.74, 6) is 1.93. The Hall–Kier alpha value is -1.23. The molecule has 0 aromatic carbocycles. The second-order valence-electron chi connectivity index (χ2n) is 3.99. The van der Waals surface area contributed by atoms with Crippen molar-refractivity contribution in [2.24, 2.45) is 0 Å². The SMILES string of the molecule is CCNc1ccncc1C(=O)NC(C)CSCC. The lowest BCUT2D eigenvalue weighted by atomic mass is 10.2. The van der Waals surface area contributed by atoms with Crippen LogP contribution in [0.2, 0.25) is 0 Å². The first-order valence-corrected chi connectivity index (χ1v) is 7.41. The molecular formula is C13H21N3OS. The summed E-state index contributed by atoms with van der Waals surface area (Å²) in [6.07, 6.45) is 3.29. The van der Waals surface area contributed by atoms with Crippen molar-refractivity contribution in [2.45, 2.75) is 26.8 Å². The topological polar surface area (TPSA) is 54.0 Å². The first-order valence-electron chi connectivity index (χ1n) is 6.25. The highest BCUT2D eigenvalue weighted by atomic mass is 32.2. The lowest BCUT2D eigenvalue weighted by molar-refractivity contribution is 0.0944. The van der Waals surface area contributed by atoms with Crippen LogP contribution in [0.3, 0.4) is 0 Å². The average Bonchev–Trinajstić information content (AvgIpc) is 2.37. The quantitative estimate of drug-likeness (QED) is 0.796. The minimum absolute atomic E-state index is 0.0664. The molecule has 0 fully saturated rings. The number of carbonyl (C=O) groups excluding carboxylic acids is 1. The Morgan fingerprint density at radius 3 is 2.94 bits per heavy atom. The van der Waals surface area contributed by atoms with E-state index in [1.165, 1.54) is 0 Å². The Morgan fingerprint density at radius 2 is 2.28 bits per heavy atom. The number of nitrogens with one attached hydrogen (secondary N) is 2. The van der Waals surface area contributed by atoms with Crippen LogP contribution in [0, 0.1) is 0 Å². The summed E-state index contributed by atoms with van der Waals surface area (Å²) >= 11 is 1.82. The predicted molar refractivity (Wildman–Crippen MR) is 78.3 cm³/mol. The van der Waals surface area contributed by atoms with Crippen LogP contribution in [0.5, 0.6) is 0 Å². The van der Waals surface area contributed by atoms with Crippen molar-refractivity contribution in [1.29, 1.82) is 0 Å². The monoisotopic (exact) mass is 267 g/mol. The van der Waals surface area contributed by atoms with Crippen LogP contribution in [-0.4, -0.2) is 35.0 Å². The summed E-state index contributed by atoms with van der Waals surface area (Å²) < 4.78 is 0. The maximum atomic E-state index is 12.1. The first-order chi connectivity index (χ1) is 8.69. The first kappa shape index (κ1) is 14.8. The van der Waals surface area contributed by atoms with Crippen molar-refractivity contribution in [2.75, 3.05) is 23.4 Å². The van der Waals surface area contributed by atoms with E-state index in [1.54, 1.807) is 12.4 Å². The maximum Gasteiger partial charge on any atom is 0.255 e. The fourth-order valence-corrected chi connectivity index (χ4v) is 2.23. The molecule has 1 aromatic heterocycles. The van der Waals surface area contributed by atoms with E-state index in [2.05, 4.69) is 22.5 Å². The molecule has 1 atom stereocenters. The Labute approximate surface area is 113 Å². The molecular weight excluding hydrogens is 246 g/mol. The van der Waals surface area contributed by atoms with E-state index >= 15 is 0 Å². The highest BCUT2D eigenvalue weighted by molar-refractivity contribution is 7.99. The number of thioether (sulfide) groups is 1. The summed E-state index contributed by atoms with van der Waals surface area (Å²) in [4.78, 5) is 16.1. The minimum Gasteiger partial charge on any atom is -0.385 e. The Morgan fingerprint density at radius 1 is 1.50 bits per heavy atom. The van der Waals surface area contributed by atoms with Crippen LogP contribution in [0.1, 0.15) is 31.1 Å². The van der Waals surface area contributed by atoms with Gasteiger partial charge in [0.05, 0.1) is 11.3 Å². The van der Waals surface area contributed by atoms with E-state index < -0.39 is 0 Å². The van der Waals surface area contributed by atoms with E-state index in [1.807, 2.05) is 31.7 Å². The van der Waals surface area contributed by atoms with E-state index in [9.17, 15) is 4.79 Å². The average molecular weight is 267 g/mol. The zero-order chi connectivity index (χ0) is 13.4. The molecule has 0 radical (unpaired) electrons. The number of anilines is 1. The molecule has 0 aliphatic rings. The van der Waals surface area contributed by atoms with Gasteiger partial charge in [-0.25, -0.2) is 0 Å². The molecule has 1 aromatic rings. The number of aromatic nitrogens is 1. The molecule has 0 aliphatic heterocycles. The van der Waals surface area contributed by atoms with E-state index in [0.717, 1.165) is 23.7 Å². The van der Waals surface area contributed by atoms with Crippen LogP contribution in [0.15, 0.2) is 18.5 Å². The van der Waals surface area contributed by atoms with Crippen LogP contribution in [0.4, 0.5) is 5.69 Å². The summed E-state index contributed by atoms with van der Waals surface area (Å²) in [7, 11) is 0. The summed E-state index contributed by atoms with van der Waals surface area (Å²) in [6.45, 7) is 6.92. The number of carbonyl (C=O) groups is 1. The fraction of sp³-hybridized carbons (Fsp3) is 0.538. The van der Waals surface area contributed by atoms with Gasteiger partial charge in [0.2, 0.25) is 0 Å². The van der Waals surface area contributed by atoms with E-state index in [-0.39, 0.29) is 11.9 Å². The molecule has 0 saturated carbocycles. The van der Waals surface area contributed by atoms with E-state index in [4.69, 9.17) is 0 Å². The molecule has 1 heterocycles. The highest BCUT2D eigenvalue weighted by Gasteiger charge is 2.13. The van der Waals surface area contributed by atoms with Crippen molar-refractivity contribution >= 4 is 23.4 Å². The molecule has 0 saturated heterocycles. The number of rotatable bonds is 7. The maximum absolute atomic E-state index is 12.1. The van der Waals surface area contributed by atoms with Crippen LogP contribution in [0.25, 0.3) is 0 Å². The number of nitrogens with zero attached hydrogens (tertiary/aromatic N) is 1. The fourth-order valence-electron chi connectivity index (χ4n) is 1.56. The number of hydrogen-bond donors (Lipinski definition) is 2. The minimum atomic E-state index is -0.0664. The van der Waals surface area contributed by atoms with Gasteiger partial charge >= 0.3 is 0 Å². The van der Waals surface area contributed by atoms with Crippen molar-refractivity contribution in [3.05, 3.63) is 24.0 Å². The van der Waals surface area contributed by atoms with Gasteiger partial charge in [-0.3, -0.25) is 9.78 Å². The largest absolute Gasteiger partial charge is 0.385 e. The summed E-state index contributed by atoms with van der Waals surface area (Å²) in [5, 5.41) is 6.16. The Balaban J connectivity index is 2.65. The van der Waals surface area contributed by atoms with E-state index in [0.29, 0.717) is 5.56 Å². The van der Waals surface area contributed by atoms with Gasteiger partial charge < -0.3 is 10.6 Å². The number of pyridine rings is 1. The predicted octanol–water partition coefficient (Wildman–Crippen LogP) is 2.38. The molecule has 1 amide bonds. The molecule has 0 spiro atoms. The summed E-state index contributed by atoms with van der Waals surface area (Å²) in [6, 6.07) is 1.99. The lowest BCUT2D eigenvalue weighted by Crippen LogP contribution is -2.34. The van der Waals surface area contributed by atoms with Gasteiger partial charge in [-0.1, -0.05) is 6.92 Å². The van der Waals surface area contributed by atoms with Crippen LogP contribution >= 0.6 is 11.8 Å². The van der Waals surface area contributed by atoms with Gasteiger partial charge in [0, 0.05) is 30.7 Å². The molecule has 18 heavy (non-hydrogen) atoms. The molecule has 2 N–H and O–H groups in total. The van der Waals surface area contributed by atoms with Gasteiger partial charge in [0.15, 0.2) is 0 Å². The van der Waals surface area contributed by atoms with Gasteiger partial charge in [0.1, 0.15) is 0 Å². The van der Waals surface area contributed by atoms with Crippen molar-refractivity contribution < 1.29 is 4.79 Å². The molecule has 100 valence electrons. The summed E-state index contributed by atoms with van der Waals surface area (Å²) in [5.41, 5.74) is 1.44. The standard InChI is InChI=1S/C13H21N3OS/c1-4-15-12-6-7-14-8-11(12)13(17)16-10(3)9-18-5-2/h6-8,10H,4-5,9H2,1-3H3,(H,14,15)(H,16,17). The van der Waals surface area contributed by atoms with Crippen molar-refractivity contribution in [3.63, 3.8) is 0 Å². The number of amides is 1. The number of hydrogen-bond acceptors (Lipinski definition) is 4. The molecule has 0 bridgehead atoms. The zero-order valence-corrected chi connectivity index (χ0v) is 12.0. The Kier molecular flexibility index (Phi) is 6.57. The van der Waals surface area contributed by atoms with Gasteiger partial charge in [0.25, 0.3) is 5.91 Å². The van der Waals surface area contributed by atoms with Crippen molar-refractivity contribution in [1.82, 2.24) is 10.3 Å². The van der Waals surface area contributed by atoms with Crippen LogP contribution < -0.4 is 10.6 Å². The second kappa shape index (κ2) is 7.97. The molecule has 0 aliphatic carbocycles. The molecule has 1 unspecified atom stereocenters. The Bertz CT molecular complexity index is 384. The normalized spacial score (nSPS) is 11.9. The van der Waals surface area contributed by atoms with Gasteiger partial charge in [-0.2, -0.15) is 11.8 Å².